The van der Waals surface area contributed by atoms with Gasteiger partial charge in [0, 0.05) is 16.8 Å². The highest BCUT2D eigenvalue weighted by atomic mass is 16.4. The van der Waals surface area contributed by atoms with Crippen LogP contribution in [-0.4, -0.2) is 29.4 Å². The first-order chi connectivity index (χ1) is 14.5. The average Bonchev–Trinajstić information content (AvgIpc) is 2.77. The van der Waals surface area contributed by atoms with Crippen LogP contribution in [0.15, 0.2) is 78.9 Å². The van der Waals surface area contributed by atoms with E-state index in [4.69, 9.17) is 5.11 Å². The van der Waals surface area contributed by atoms with Crippen LogP contribution < -0.4 is 10.6 Å². The number of hydrogen-bond acceptors (Lipinski definition) is 3. The van der Waals surface area contributed by atoms with Crippen molar-refractivity contribution in [3.8, 4) is 0 Å². The highest BCUT2D eigenvalue weighted by molar-refractivity contribution is 6.05. The molecule has 0 aliphatic carbocycles. The van der Waals surface area contributed by atoms with Gasteiger partial charge in [-0.05, 0) is 54.3 Å². The molecule has 0 unspecified atom stereocenters. The minimum absolute atomic E-state index is 0.221. The Bertz CT molecular complexity index is 1030. The summed E-state index contributed by atoms with van der Waals surface area (Å²) in [6.45, 7) is -0.447. The molecule has 3 aromatic carbocycles. The Labute approximate surface area is 174 Å². The van der Waals surface area contributed by atoms with E-state index in [9.17, 15) is 14.4 Å². The van der Waals surface area contributed by atoms with Crippen LogP contribution in [-0.2, 0) is 17.6 Å². The number of carboxylic acid groups (broad SMARTS) is 1. The quantitative estimate of drug-likeness (QED) is 0.537. The van der Waals surface area contributed by atoms with Crippen molar-refractivity contribution < 1.29 is 19.5 Å². The van der Waals surface area contributed by atoms with Crippen molar-refractivity contribution in [3.05, 3.63) is 101 Å². The second kappa shape index (κ2) is 10.0. The van der Waals surface area contributed by atoms with E-state index >= 15 is 0 Å². The molecule has 0 saturated heterocycles. The third kappa shape index (κ3) is 5.78. The Morgan fingerprint density at radius 2 is 1.40 bits per heavy atom. The minimum atomic E-state index is -1.11. The molecule has 152 valence electrons. The molecule has 0 radical (unpaired) electrons. The Morgan fingerprint density at radius 1 is 0.733 bits per heavy atom. The zero-order chi connectivity index (χ0) is 21.3. The zero-order valence-electron chi connectivity index (χ0n) is 16.3. The molecular weight excluding hydrogens is 380 g/mol. The summed E-state index contributed by atoms with van der Waals surface area (Å²) < 4.78 is 0. The van der Waals surface area contributed by atoms with Gasteiger partial charge in [0.15, 0.2) is 0 Å². The van der Waals surface area contributed by atoms with Gasteiger partial charge in [-0.25, -0.2) is 0 Å². The van der Waals surface area contributed by atoms with Gasteiger partial charge >= 0.3 is 5.97 Å². The molecule has 0 aromatic heterocycles. The Morgan fingerprint density at radius 3 is 2.10 bits per heavy atom. The Kier molecular flexibility index (Phi) is 6.95. The second-order valence-electron chi connectivity index (χ2n) is 6.75. The fourth-order valence-corrected chi connectivity index (χ4v) is 3.04. The lowest BCUT2D eigenvalue weighted by molar-refractivity contribution is -0.135. The van der Waals surface area contributed by atoms with E-state index in [0.717, 1.165) is 18.4 Å². The summed E-state index contributed by atoms with van der Waals surface area (Å²) in [5, 5.41) is 13.8. The van der Waals surface area contributed by atoms with Gasteiger partial charge < -0.3 is 15.7 Å². The van der Waals surface area contributed by atoms with Crippen molar-refractivity contribution >= 4 is 23.5 Å². The number of aliphatic carboxylic acids is 1. The average molecular weight is 402 g/mol. The fourth-order valence-electron chi connectivity index (χ4n) is 3.04. The van der Waals surface area contributed by atoms with Crippen molar-refractivity contribution in [2.75, 3.05) is 11.9 Å². The van der Waals surface area contributed by atoms with Gasteiger partial charge in [-0.2, -0.15) is 0 Å². The van der Waals surface area contributed by atoms with Gasteiger partial charge in [-0.3, -0.25) is 14.4 Å². The van der Waals surface area contributed by atoms with Crippen LogP contribution in [0.1, 0.15) is 31.8 Å². The summed E-state index contributed by atoms with van der Waals surface area (Å²) in [5.74, 6) is -1.82. The molecule has 0 atom stereocenters. The molecule has 3 aromatic rings. The minimum Gasteiger partial charge on any atom is -0.480 e. The number of carbonyl (C=O) groups is 3. The van der Waals surface area contributed by atoms with Crippen molar-refractivity contribution in [2.24, 2.45) is 0 Å². The van der Waals surface area contributed by atoms with E-state index in [1.54, 1.807) is 18.2 Å². The van der Waals surface area contributed by atoms with Gasteiger partial charge in [0.2, 0.25) is 0 Å². The fraction of sp³-hybridized carbons (Fsp3) is 0.125. The van der Waals surface area contributed by atoms with Gasteiger partial charge in [-0.1, -0.05) is 48.5 Å². The van der Waals surface area contributed by atoms with Crippen LogP contribution in [0.5, 0.6) is 0 Å². The van der Waals surface area contributed by atoms with E-state index in [1.807, 2.05) is 36.4 Å². The van der Waals surface area contributed by atoms with E-state index in [-0.39, 0.29) is 5.91 Å². The normalized spacial score (nSPS) is 10.3. The number of amides is 2. The molecule has 3 rings (SSSR count). The summed E-state index contributed by atoms with van der Waals surface area (Å²) in [6, 6.07) is 23.9. The van der Waals surface area contributed by atoms with Crippen LogP contribution in [0, 0.1) is 0 Å². The molecular formula is C24H22N2O4. The highest BCUT2D eigenvalue weighted by Crippen LogP contribution is 2.16. The molecule has 2 amide bonds. The number of rotatable bonds is 8. The smallest absolute Gasteiger partial charge is 0.322 e. The monoisotopic (exact) mass is 402 g/mol. The molecule has 6 heteroatoms. The van der Waals surface area contributed by atoms with Crippen LogP contribution >= 0.6 is 0 Å². The number of carboxylic acids is 1. The lowest BCUT2D eigenvalue weighted by atomic mass is 9.99. The lowest BCUT2D eigenvalue weighted by Crippen LogP contribution is -2.29. The molecule has 0 fully saturated rings. The zero-order valence-corrected chi connectivity index (χ0v) is 16.3. The van der Waals surface area contributed by atoms with Crippen molar-refractivity contribution in [2.45, 2.75) is 12.8 Å². The summed E-state index contributed by atoms with van der Waals surface area (Å²) in [4.78, 5) is 35.2. The standard InChI is InChI=1S/C24H22N2O4/c27-22(28)16-25-23(29)19-12-14-20(15-13-19)26-24(30)21-9-5-4-8-18(21)11-10-17-6-2-1-3-7-17/h1-9,12-15H,10-11,16H2,(H,25,29)(H,26,30)(H,27,28). The van der Waals surface area contributed by atoms with Crippen LogP contribution in [0.3, 0.4) is 0 Å². The molecule has 3 N–H and O–H groups in total. The largest absolute Gasteiger partial charge is 0.480 e. The molecule has 0 aliphatic rings. The SMILES string of the molecule is O=C(O)CNC(=O)c1ccc(NC(=O)c2ccccc2CCc2ccccc2)cc1. The molecule has 0 aliphatic heterocycles. The van der Waals surface area contributed by atoms with Crippen LogP contribution in [0.25, 0.3) is 0 Å². The third-order valence-corrected chi connectivity index (χ3v) is 4.59. The molecule has 0 spiro atoms. The summed E-state index contributed by atoms with van der Waals surface area (Å²) >= 11 is 0. The van der Waals surface area contributed by atoms with Gasteiger partial charge in [0.1, 0.15) is 6.54 Å². The van der Waals surface area contributed by atoms with Gasteiger partial charge in [0.25, 0.3) is 11.8 Å². The maximum Gasteiger partial charge on any atom is 0.322 e. The van der Waals surface area contributed by atoms with Crippen molar-refractivity contribution in [1.29, 1.82) is 0 Å². The van der Waals surface area contributed by atoms with Crippen LogP contribution in [0.4, 0.5) is 5.69 Å². The number of aryl methyl sites for hydroxylation is 2. The third-order valence-electron chi connectivity index (χ3n) is 4.59. The Balaban J connectivity index is 1.64. The number of carbonyl (C=O) groups excluding carboxylic acids is 2. The predicted molar refractivity (Wildman–Crippen MR) is 115 cm³/mol. The number of benzene rings is 3. The van der Waals surface area contributed by atoms with E-state index in [2.05, 4.69) is 22.8 Å². The lowest BCUT2D eigenvalue weighted by Gasteiger charge is -2.11. The van der Waals surface area contributed by atoms with Crippen molar-refractivity contribution in [3.63, 3.8) is 0 Å². The molecule has 6 nitrogen and oxygen atoms in total. The first-order valence-corrected chi connectivity index (χ1v) is 9.56. The predicted octanol–water partition coefficient (Wildman–Crippen LogP) is 3.54. The molecule has 0 saturated carbocycles. The maximum absolute atomic E-state index is 12.8. The molecule has 30 heavy (non-hydrogen) atoms. The first-order valence-electron chi connectivity index (χ1n) is 9.56. The van der Waals surface area contributed by atoms with Crippen LogP contribution in [0.2, 0.25) is 0 Å². The first kappa shape index (κ1) is 20.8. The van der Waals surface area contributed by atoms with E-state index < -0.39 is 18.4 Å². The van der Waals surface area contributed by atoms with E-state index in [1.165, 1.54) is 17.7 Å². The Hall–Kier alpha value is -3.93. The summed E-state index contributed by atoms with van der Waals surface area (Å²) in [6.07, 6.45) is 1.58. The highest BCUT2D eigenvalue weighted by Gasteiger charge is 2.12. The van der Waals surface area contributed by atoms with E-state index in [0.29, 0.717) is 16.8 Å². The van der Waals surface area contributed by atoms with Crippen molar-refractivity contribution in [1.82, 2.24) is 5.32 Å². The number of hydrogen-bond donors (Lipinski definition) is 3. The molecule has 0 bridgehead atoms. The number of anilines is 1. The van der Waals surface area contributed by atoms with Gasteiger partial charge in [-0.15, -0.1) is 0 Å². The molecule has 0 heterocycles. The topological polar surface area (TPSA) is 95.5 Å². The maximum atomic E-state index is 12.8. The second-order valence-corrected chi connectivity index (χ2v) is 6.75. The summed E-state index contributed by atoms with van der Waals surface area (Å²) in [7, 11) is 0. The number of nitrogens with one attached hydrogen (secondary N) is 2. The summed E-state index contributed by atoms with van der Waals surface area (Å²) in [5.41, 5.74) is 3.65. The van der Waals surface area contributed by atoms with Gasteiger partial charge in [0.05, 0.1) is 0 Å².